The summed E-state index contributed by atoms with van der Waals surface area (Å²) in [5, 5.41) is 6.29. The van der Waals surface area contributed by atoms with Gasteiger partial charge in [-0.3, -0.25) is 4.79 Å². The molecule has 2 rings (SSSR count). The maximum atomic E-state index is 11.7. The van der Waals surface area contributed by atoms with Gasteiger partial charge in [0, 0.05) is 19.6 Å². The van der Waals surface area contributed by atoms with Crippen molar-refractivity contribution in [2.75, 3.05) is 26.2 Å². The average molecular weight is 268 g/mol. The second kappa shape index (κ2) is 8.54. The van der Waals surface area contributed by atoms with Crippen molar-refractivity contribution in [2.45, 2.75) is 57.5 Å². The molecule has 19 heavy (non-hydrogen) atoms. The van der Waals surface area contributed by atoms with E-state index >= 15 is 0 Å². The first-order chi connectivity index (χ1) is 9.34. The van der Waals surface area contributed by atoms with Crippen LogP contribution in [0.4, 0.5) is 0 Å². The Labute approximate surface area is 116 Å². The first-order valence-electron chi connectivity index (χ1n) is 7.93. The van der Waals surface area contributed by atoms with E-state index in [9.17, 15) is 4.79 Å². The molecule has 0 aromatic carbocycles. The first-order valence-corrected chi connectivity index (χ1v) is 7.93. The highest BCUT2D eigenvalue weighted by Crippen LogP contribution is 2.20. The minimum Gasteiger partial charge on any atom is -0.378 e. The van der Waals surface area contributed by atoms with Crippen LogP contribution in [0, 0.1) is 5.92 Å². The van der Waals surface area contributed by atoms with Crippen LogP contribution in [-0.4, -0.2) is 38.3 Å². The average Bonchev–Trinajstić information content (AvgIpc) is 2.92. The molecule has 1 saturated carbocycles. The number of amides is 1. The van der Waals surface area contributed by atoms with Gasteiger partial charge in [-0.1, -0.05) is 19.3 Å². The van der Waals surface area contributed by atoms with Crippen molar-refractivity contribution in [3.05, 3.63) is 0 Å². The summed E-state index contributed by atoms with van der Waals surface area (Å²) >= 11 is 0. The van der Waals surface area contributed by atoms with Crippen LogP contribution in [0.15, 0.2) is 0 Å². The standard InChI is InChI=1S/C15H28N2O2/c18-15(11-13-7-9-16-12-13)17-8-4-10-19-14-5-2-1-3-6-14/h13-14,16H,1-12H2,(H,17,18). The van der Waals surface area contributed by atoms with Gasteiger partial charge in [-0.15, -0.1) is 0 Å². The highest BCUT2D eigenvalue weighted by molar-refractivity contribution is 5.76. The molecule has 4 nitrogen and oxygen atoms in total. The number of ether oxygens (including phenoxy) is 1. The number of rotatable bonds is 7. The molecule has 1 saturated heterocycles. The van der Waals surface area contributed by atoms with Gasteiger partial charge in [0.05, 0.1) is 6.10 Å². The molecule has 2 fully saturated rings. The lowest BCUT2D eigenvalue weighted by molar-refractivity contribution is -0.121. The molecule has 0 aromatic heterocycles. The number of carbonyl (C=O) groups excluding carboxylic acids is 1. The Bertz CT molecular complexity index is 259. The lowest BCUT2D eigenvalue weighted by atomic mass is 9.98. The Balaban J connectivity index is 1.43. The van der Waals surface area contributed by atoms with E-state index in [1.54, 1.807) is 0 Å². The van der Waals surface area contributed by atoms with Crippen LogP contribution in [0.25, 0.3) is 0 Å². The Morgan fingerprint density at radius 1 is 1.21 bits per heavy atom. The van der Waals surface area contributed by atoms with Gasteiger partial charge in [-0.2, -0.15) is 0 Å². The zero-order valence-corrected chi connectivity index (χ0v) is 12.0. The second-order valence-electron chi connectivity index (χ2n) is 5.90. The molecule has 1 atom stereocenters. The Morgan fingerprint density at radius 3 is 2.79 bits per heavy atom. The number of carbonyl (C=O) groups is 1. The van der Waals surface area contributed by atoms with E-state index in [1.807, 2.05) is 0 Å². The number of nitrogens with one attached hydrogen (secondary N) is 2. The van der Waals surface area contributed by atoms with Crippen molar-refractivity contribution < 1.29 is 9.53 Å². The zero-order valence-electron chi connectivity index (χ0n) is 12.0. The van der Waals surface area contributed by atoms with Gasteiger partial charge in [-0.05, 0) is 44.7 Å². The van der Waals surface area contributed by atoms with E-state index in [0.29, 0.717) is 18.4 Å². The summed E-state index contributed by atoms with van der Waals surface area (Å²) < 4.78 is 5.84. The molecule has 2 aliphatic rings. The second-order valence-corrected chi connectivity index (χ2v) is 5.90. The fraction of sp³-hybridized carbons (Fsp3) is 0.933. The van der Waals surface area contributed by atoms with Crippen LogP contribution < -0.4 is 10.6 Å². The minimum atomic E-state index is 0.200. The monoisotopic (exact) mass is 268 g/mol. The van der Waals surface area contributed by atoms with Gasteiger partial charge in [0.15, 0.2) is 0 Å². The van der Waals surface area contributed by atoms with E-state index < -0.39 is 0 Å². The fourth-order valence-corrected chi connectivity index (χ4v) is 3.00. The fourth-order valence-electron chi connectivity index (χ4n) is 3.00. The Kier molecular flexibility index (Phi) is 6.65. The predicted octanol–water partition coefficient (Wildman–Crippen LogP) is 1.84. The lowest BCUT2D eigenvalue weighted by Crippen LogP contribution is -2.28. The summed E-state index contributed by atoms with van der Waals surface area (Å²) in [4.78, 5) is 11.7. The van der Waals surface area contributed by atoms with Crippen LogP contribution in [0.1, 0.15) is 51.4 Å². The Hall–Kier alpha value is -0.610. The van der Waals surface area contributed by atoms with Gasteiger partial charge in [-0.25, -0.2) is 0 Å². The maximum absolute atomic E-state index is 11.7. The van der Waals surface area contributed by atoms with Crippen LogP contribution in [0.3, 0.4) is 0 Å². The van der Waals surface area contributed by atoms with Crippen LogP contribution >= 0.6 is 0 Å². The number of hydrogen-bond acceptors (Lipinski definition) is 3. The molecule has 0 bridgehead atoms. The van der Waals surface area contributed by atoms with E-state index in [1.165, 1.54) is 32.1 Å². The van der Waals surface area contributed by atoms with Crippen molar-refractivity contribution in [1.29, 1.82) is 0 Å². The molecular weight excluding hydrogens is 240 g/mol. The summed E-state index contributed by atoms with van der Waals surface area (Å²) in [5.74, 6) is 0.741. The van der Waals surface area contributed by atoms with Crippen LogP contribution in [-0.2, 0) is 9.53 Å². The SMILES string of the molecule is O=C(CC1CCNC1)NCCCOC1CCCCC1. The van der Waals surface area contributed by atoms with E-state index in [4.69, 9.17) is 4.74 Å². The van der Waals surface area contributed by atoms with Gasteiger partial charge in [0.25, 0.3) is 0 Å². The Morgan fingerprint density at radius 2 is 2.05 bits per heavy atom. The largest absolute Gasteiger partial charge is 0.378 e. The van der Waals surface area contributed by atoms with Crippen LogP contribution in [0.2, 0.25) is 0 Å². The summed E-state index contributed by atoms with van der Waals surface area (Å²) in [6.45, 7) is 3.60. The predicted molar refractivity (Wildman–Crippen MR) is 76.0 cm³/mol. The molecule has 1 aliphatic heterocycles. The van der Waals surface area contributed by atoms with Crippen molar-refractivity contribution in [3.63, 3.8) is 0 Å². The molecule has 2 N–H and O–H groups in total. The first kappa shape index (κ1) is 14.8. The summed E-state index contributed by atoms with van der Waals surface area (Å²) in [6.07, 6.45) is 9.68. The highest BCUT2D eigenvalue weighted by Gasteiger charge is 2.17. The quantitative estimate of drug-likeness (QED) is 0.693. The highest BCUT2D eigenvalue weighted by atomic mass is 16.5. The molecular formula is C15H28N2O2. The minimum absolute atomic E-state index is 0.200. The third kappa shape index (κ3) is 5.91. The summed E-state index contributed by atoms with van der Waals surface area (Å²) in [7, 11) is 0. The van der Waals surface area contributed by atoms with E-state index in [2.05, 4.69) is 10.6 Å². The molecule has 1 amide bonds. The molecule has 0 spiro atoms. The normalized spacial score (nSPS) is 24.5. The van der Waals surface area contributed by atoms with Gasteiger partial charge < -0.3 is 15.4 Å². The maximum Gasteiger partial charge on any atom is 0.220 e. The molecule has 0 aromatic rings. The van der Waals surface area contributed by atoms with Gasteiger partial charge in [0.2, 0.25) is 5.91 Å². The van der Waals surface area contributed by atoms with Crippen molar-refractivity contribution in [3.8, 4) is 0 Å². The topological polar surface area (TPSA) is 50.4 Å². The zero-order chi connectivity index (χ0) is 13.3. The van der Waals surface area contributed by atoms with Crippen molar-refractivity contribution in [2.24, 2.45) is 5.92 Å². The van der Waals surface area contributed by atoms with Crippen molar-refractivity contribution >= 4 is 5.91 Å². The van der Waals surface area contributed by atoms with E-state index in [-0.39, 0.29) is 5.91 Å². The van der Waals surface area contributed by atoms with Crippen molar-refractivity contribution in [1.82, 2.24) is 10.6 Å². The molecule has 1 aliphatic carbocycles. The van der Waals surface area contributed by atoms with Gasteiger partial charge in [0.1, 0.15) is 0 Å². The molecule has 1 heterocycles. The number of hydrogen-bond donors (Lipinski definition) is 2. The third-order valence-corrected chi connectivity index (χ3v) is 4.19. The van der Waals surface area contributed by atoms with Gasteiger partial charge >= 0.3 is 0 Å². The third-order valence-electron chi connectivity index (χ3n) is 4.19. The molecule has 4 heteroatoms. The summed E-state index contributed by atoms with van der Waals surface area (Å²) in [6, 6.07) is 0. The van der Waals surface area contributed by atoms with E-state index in [0.717, 1.165) is 39.1 Å². The lowest BCUT2D eigenvalue weighted by Gasteiger charge is -2.21. The molecule has 1 unspecified atom stereocenters. The van der Waals surface area contributed by atoms with Crippen LogP contribution in [0.5, 0.6) is 0 Å². The summed E-state index contributed by atoms with van der Waals surface area (Å²) in [5.41, 5.74) is 0. The smallest absolute Gasteiger partial charge is 0.220 e. The molecule has 0 radical (unpaired) electrons. The molecule has 110 valence electrons.